The maximum Gasteiger partial charge on any atom is 0.343 e. The number of rotatable bonds is 9. The number of nitrogens with one attached hydrogen (secondary N) is 1. The Labute approximate surface area is 161 Å². The Morgan fingerprint density at radius 2 is 1.59 bits per heavy atom. The summed E-state index contributed by atoms with van der Waals surface area (Å²) in [5, 5.41) is 2.76. The third-order valence-corrected chi connectivity index (χ3v) is 4.23. The Kier molecular flexibility index (Phi) is 7.80. The van der Waals surface area contributed by atoms with Crippen LogP contribution >= 0.6 is 0 Å². The number of aryl methyl sites for hydroxylation is 1. The van der Waals surface area contributed by atoms with E-state index in [9.17, 15) is 9.59 Å². The summed E-state index contributed by atoms with van der Waals surface area (Å²) in [7, 11) is 0. The van der Waals surface area contributed by atoms with Crippen LogP contribution in [0.15, 0.2) is 60.7 Å². The van der Waals surface area contributed by atoms with Gasteiger partial charge in [-0.05, 0) is 55.2 Å². The topological polar surface area (TPSA) is 55.4 Å². The van der Waals surface area contributed by atoms with Gasteiger partial charge >= 0.3 is 5.97 Å². The first-order valence-corrected chi connectivity index (χ1v) is 9.33. The molecule has 0 aliphatic carbocycles. The van der Waals surface area contributed by atoms with Gasteiger partial charge in [0.1, 0.15) is 5.75 Å². The van der Waals surface area contributed by atoms with E-state index in [1.165, 1.54) is 24.8 Å². The number of hydrogen-bond donors (Lipinski definition) is 1. The molecule has 0 aliphatic rings. The molecule has 0 aliphatic heterocycles. The number of carbonyl (C=O) groups is 2. The lowest BCUT2D eigenvalue weighted by atomic mass is 10.1. The van der Waals surface area contributed by atoms with E-state index in [0.717, 1.165) is 12.0 Å². The number of carbonyl (C=O) groups excluding carboxylic acids is 2. The maximum absolute atomic E-state index is 12.3. The van der Waals surface area contributed by atoms with Crippen LogP contribution in [0.1, 0.15) is 54.6 Å². The highest BCUT2D eigenvalue weighted by atomic mass is 16.5. The normalized spacial score (nSPS) is 10.3. The minimum Gasteiger partial charge on any atom is -0.423 e. The molecule has 1 N–H and O–H groups in total. The van der Waals surface area contributed by atoms with Gasteiger partial charge in [0.15, 0.2) is 0 Å². The third-order valence-electron chi connectivity index (χ3n) is 4.23. The van der Waals surface area contributed by atoms with Gasteiger partial charge in [-0.1, -0.05) is 50.6 Å². The summed E-state index contributed by atoms with van der Waals surface area (Å²) in [5.41, 5.74) is 3.16. The molecule has 0 heterocycles. The van der Waals surface area contributed by atoms with E-state index in [0.29, 0.717) is 23.4 Å². The highest BCUT2D eigenvalue weighted by Gasteiger charge is 2.09. The molecule has 0 atom stereocenters. The van der Waals surface area contributed by atoms with Crippen molar-refractivity contribution in [3.05, 3.63) is 77.4 Å². The predicted molar refractivity (Wildman–Crippen MR) is 108 cm³/mol. The molecule has 0 bridgehead atoms. The Morgan fingerprint density at radius 3 is 2.19 bits per heavy atom. The lowest BCUT2D eigenvalue weighted by Crippen LogP contribution is -2.22. The van der Waals surface area contributed by atoms with Crippen LogP contribution in [0, 0.1) is 0 Å². The Morgan fingerprint density at radius 1 is 0.963 bits per heavy atom. The fourth-order valence-electron chi connectivity index (χ4n) is 2.56. The molecule has 0 saturated heterocycles. The van der Waals surface area contributed by atoms with Crippen molar-refractivity contribution >= 4 is 11.9 Å². The molecule has 0 unspecified atom stereocenters. The molecule has 0 radical (unpaired) electrons. The molecule has 0 fully saturated rings. The highest BCUT2D eigenvalue weighted by molar-refractivity contribution is 5.92. The summed E-state index contributed by atoms with van der Waals surface area (Å²) in [5.74, 6) is -0.0795. The van der Waals surface area contributed by atoms with E-state index in [4.69, 9.17) is 4.74 Å². The van der Waals surface area contributed by atoms with Crippen LogP contribution in [-0.2, 0) is 17.8 Å². The average Bonchev–Trinajstić information content (AvgIpc) is 2.67. The summed E-state index contributed by atoms with van der Waals surface area (Å²) in [6.45, 7) is 7.85. The van der Waals surface area contributed by atoms with E-state index < -0.39 is 0 Å². The smallest absolute Gasteiger partial charge is 0.343 e. The summed E-state index contributed by atoms with van der Waals surface area (Å²) in [6.07, 6.45) is 4.62. The number of ether oxygens (including phenoxy) is 1. The zero-order valence-electron chi connectivity index (χ0n) is 16.1. The Bertz CT molecular complexity index is 776. The van der Waals surface area contributed by atoms with Crippen LogP contribution in [0.4, 0.5) is 0 Å². The first-order valence-electron chi connectivity index (χ1n) is 9.33. The molecular weight excluding hydrogens is 338 g/mol. The highest BCUT2D eigenvalue weighted by Crippen LogP contribution is 2.15. The number of benzene rings is 2. The van der Waals surface area contributed by atoms with E-state index in [1.807, 2.05) is 36.4 Å². The van der Waals surface area contributed by atoms with Crippen molar-refractivity contribution in [1.82, 2.24) is 5.32 Å². The van der Waals surface area contributed by atoms with Gasteiger partial charge in [-0.15, -0.1) is 0 Å². The van der Waals surface area contributed by atoms with E-state index in [1.54, 1.807) is 19.1 Å². The fraction of sp³-hybridized carbons (Fsp3) is 0.304. The minimum absolute atomic E-state index is 0.177. The van der Waals surface area contributed by atoms with E-state index in [2.05, 4.69) is 18.8 Å². The Balaban J connectivity index is 1.88. The molecule has 142 valence electrons. The Hall–Kier alpha value is -2.88. The average molecular weight is 365 g/mol. The van der Waals surface area contributed by atoms with Crippen molar-refractivity contribution in [2.24, 2.45) is 0 Å². The number of unbranched alkanes of at least 4 members (excludes halogenated alkanes) is 2. The fourth-order valence-corrected chi connectivity index (χ4v) is 2.56. The van der Waals surface area contributed by atoms with Gasteiger partial charge < -0.3 is 10.1 Å². The van der Waals surface area contributed by atoms with E-state index in [-0.39, 0.29) is 11.9 Å². The van der Waals surface area contributed by atoms with Crippen molar-refractivity contribution in [1.29, 1.82) is 0 Å². The van der Waals surface area contributed by atoms with Crippen LogP contribution in [0.2, 0.25) is 0 Å². The van der Waals surface area contributed by atoms with Gasteiger partial charge in [0, 0.05) is 12.1 Å². The van der Waals surface area contributed by atoms with Crippen molar-refractivity contribution in [2.45, 2.75) is 46.1 Å². The quantitative estimate of drug-likeness (QED) is 0.300. The van der Waals surface area contributed by atoms with Gasteiger partial charge in [-0.25, -0.2) is 4.79 Å². The number of amides is 1. The first kappa shape index (κ1) is 20.4. The summed E-state index contributed by atoms with van der Waals surface area (Å²) in [6, 6.07) is 14.7. The molecular formula is C23H27NO3. The second-order valence-electron chi connectivity index (χ2n) is 6.65. The van der Waals surface area contributed by atoms with Crippen molar-refractivity contribution in [3.8, 4) is 5.75 Å². The van der Waals surface area contributed by atoms with Crippen LogP contribution in [0.5, 0.6) is 5.75 Å². The molecule has 2 aromatic carbocycles. The molecule has 0 saturated carbocycles. The van der Waals surface area contributed by atoms with Gasteiger partial charge in [0.2, 0.25) is 5.91 Å². The minimum atomic E-state index is -0.376. The van der Waals surface area contributed by atoms with Gasteiger partial charge in [-0.2, -0.15) is 0 Å². The van der Waals surface area contributed by atoms with Gasteiger partial charge in [0.25, 0.3) is 0 Å². The number of esters is 1. The van der Waals surface area contributed by atoms with E-state index >= 15 is 0 Å². The van der Waals surface area contributed by atoms with Crippen LogP contribution in [-0.4, -0.2) is 11.9 Å². The maximum atomic E-state index is 12.3. The summed E-state index contributed by atoms with van der Waals surface area (Å²) < 4.78 is 5.42. The second-order valence-corrected chi connectivity index (χ2v) is 6.65. The summed E-state index contributed by atoms with van der Waals surface area (Å²) in [4.78, 5) is 23.8. The molecule has 2 aromatic rings. The van der Waals surface area contributed by atoms with Crippen LogP contribution in [0.25, 0.3) is 0 Å². The van der Waals surface area contributed by atoms with Crippen LogP contribution < -0.4 is 10.1 Å². The van der Waals surface area contributed by atoms with Crippen LogP contribution in [0.3, 0.4) is 0 Å². The first-order chi connectivity index (χ1) is 13.0. The van der Waals surface area contributed by atoms with Gasteiger partial charge in [-0.3, -0.25) is 4.79 Å². The SMILES string of the molecule is C=C(C)C(=O)NCc1ccc(OC(=O)c2ccc(CCCCC)cc2)cc1. The molecule has 4 nitrogen and oxygen atoms in total. The lowest BCUT2D eigenvalue weighted by molar-refractivity contribution is -0.117. The zero-order valence-corrected chi connectivity index (χ0v) is 16.1. The van der Waals surface area contributed by atoms with Crippen molar-refractivity contribution in [2.75, 3.05) is 0 Å². The molecule has 0 spiro atoms. The zero-order chi connectivity index (χ0) is 19.6. The molecule has 0 aromatic heterocycles. The third kappa shape index (κ3) is 6.74. The largest absolute Gasteiger partial charge is 0.423 e. The predicted octanol–water partition coefficient (Wildman–Crippen LogP) is 4.83. The molecule has 1 amide bonds. The van der Waals surface area contributed by atoms with Crippen molar-refractivity contribution < 1.29 is 14.3 Å². The second kappa shape index (κ2) is 10.3. The van der Waals surface area contributed by atoms with Gasteiger partial charge in [0.05, 0.1) is 5.56 Å². The molecule has 2 rings (SSSR count). The lowest BCUT2D eigenvalue weighted by Gasteiger charge is -2.08. The standard InChI is InChI=1S/C23H27NO3/c1-4-5-6-7-18-8-12-20(13-9-18)23(26)27-21-14-10-19(11-15-21)16-24-22(25)17(2)3/h8-15H,2,4-7,16H2,1,3H3,(H,24,25). The number of hydrogen-bond acceptors (Lipinski definition) is 3. The molecule has 4 heteroatoms. The molecule has 27 heavy (non-hydrogen) atoms. The van der Waals surface area contributed by atoms with Crippen molar-refractivity contribution in [3.63, 3.8) is 0 Å². The summed E-state index contributed by atoms with van der Waals surface area (Å²) >= 11 is 0. The monoisotopic (exact) mass is 365 g/mol.